The summed E-state index contributed by atoms with van der Waals surface area (Å²) in [6.45, 7) is 8.58. The number of benzene rings is 1. The van der Waals surface area contributed by atoms with E-state index in [1.54, 1.807) is 7.11 Å². The van der Waals surface area contributed by atoms with Gasteiger partial charge in [0.05, 0.1) is 12.7 Å². The van der Waals surface area contributed by atoms with Crippen LogP contribution < -0.4 is 4.74 Å². The third-order valence-corrected chi connectivity index (χ3v) is 5.03. The molecule has 124 valence electrons. The van der Waals surface area contributed by atoms with Gasteiger partial charge in [-0.25, -0.2) is 0 Å². The number of methoxy groups -OCH3 is 1. The van der Waals surface area contributed by atoms with Gasteiger partial charge >= 0.3 is 0 Å². The summed E-state index contributed by atoms with van der Waals surface area (Å²) in [5, 5.41) is 0. The Morgan fingerprint density at radius 3 is 2.75 bits per heavy atom. The predicted octanol–water partition coefficient (Wildman–Crippen LogP) is 4.84. The van der Waals surface area contributed by atoms with Gasteiger partial charge in [-0.05, 0) is 55.3 Å². The van der Waals surface area contributed by atoms with Crippen molar-refractivity contribution < 1.29 is 14.3 Å². The van der Waals surface area contributed by atoms with Gasteiger partial charge in [0.2, 0.25) is 0 Å². The first kappa shape index (κ1) is 16.8. The first-order valence-electron chi connectivity index (χ1n) is 7.70. The molecule has 0 unspecified atom stereocenters. The zero-order chi connectivity index (χ0) is 17.5. The molecule has 0 atom stereocenters. The lowest BCUT2D eigenvalue weighted by molar-refractivity contribution is 0.100. The molecule has 0 N–H and O–H groups in total. The van der Waals surface area contributed by atoms with Crippen molar-refractivity contribution in [2.45, 2.75) is 19.3 Å². The van der Waals surface area contributed by atoms with Crippen LogP contribution in [-0.4, -0.2) is 19.5 Å². The van der Waals surface area contributed by atoms with Gasteiger partial charge in [-0.1, -0.05) is 28.6 Å². The molecular weight excluding hydrogens is 368 g/mol. The fraction of sp³-hybridized carbons (Fsp3) is 0.250. The van der Waals surface area contributed by atoms with E-state index < -0.39 is 5.41 Å². The van der Waals surface area contributed by atoms with Crippen LogP contribution in [0.5, 0.6) is 5.75 Å². The van der Waals surface area contributed by atoms with Crippen molar-refractivity contribution in [2.24, 2.45) is 0 Å². The van der Waals surface area contributed by atoms with Gasteiger partial charge < -0.3 is 9.47 Å². The average molecular weight is 387 g/mol. The third-order valence-electron chi connectivity index (χ3n) is 4.44. The SMILES string of the molecule is C=C1/C=C\C(Br)=C/COC2=C1C(=O)c1ccc(OC)cc1C2(C)C. The highest BCUT2D eigenvalue weighted by atomic mass is 79.9. The van der Waals surface area contributed by atoms with Crippen LogP contribution in [-0.2, 0) is 10.2 Å². The quantitative estimate of drug-likeness (QED) is 0.692. The van der Waals surface area contributed by atoms with Crippen LogP contribution in [0.4, 0.5) is 0 Å². The zero-order valence-electron chi connectivity index (χ0n) is 14.0. The Kier molecular flexibility index (Phi) is 4.26. The van der Waals surface area contributed by atoms with Gasteiger partial charge in [0.15, 0.2) is 5.78 Å². The molecule has 1 aliphatic heterocycles. The molecule has 0 bridgehead atoms. The largest absolute Gasteiger partial charge is 0.497 e. The first-order valence-corrected chi connectivity index (χ1v) is 8.49. The minimum atomic E-state index is -0.464. The lowest BCUT2D eigenvalue weighted by atomic mass is 9.71. The molecule has 0 spiro atoms. The van der Waals surface area contributed by atoms with E-state index in [0.717, 1.165) is 15.8 Å². The number of rotatable bonds is 1. The second-order valence-corrected chi connectivity index (χ2v) is 7.24. The highest BCUT2D eigenvalue weighted by Gasteiger charge is 2.41. The lowest BCUT2D eigenvalue weighted by Gasteiger charge is -2.36. The second-order valence-electron chi connectivity index (χ2n) is 6.33. The average Bonchev–Trinajstić information content (AvgIpc) is 2.63. The number of carbonyl (C=O) groups is 1. The molecular formula is C20H19BrO3. The summed E-state index contributed by atoms with van der Waals surface area (Å²) in [5.74, 6) is 1.32. The predicted molar refractivity (Wildman–Crippen MR) is 98.6 cm³/mol. The van der Waals surface area contributed by atoms with Crippen molar-refractivity contribution in [1.29, 1.82) is 0 Å². The van der Waals surface area contributed by atoms with Gasteiger partial charge in [-0.2, -0.15) is 0 Å². The number of halogens is 1. The number of hydrogen-bond acceptors (Lipinski definition) is 3. The number of Topliss-reactive ketones (excluding diaryl/α,β-unsaturated/α-hetero) is 1. The van der Waals surface area contributed by atoms with Gasteiger partial charge in [-0.3, -0.25) is 4.79 Å². The Bertz CT molecular complexity index is 825. The monoisotopic (exact) mass is 386 g/mol. The molecule has 1 aromatic rings. The van der Waals surface area contributed by atoms with Crippen LogP contribution in [0.15, 0.2) is 64.4 Å². The molecule has 1 aliphatic carbocycles. The molecule has 4 heteroatoms. The maximum Gasteiger partial charge on any atom is 0.197 e. The summed E-state index contributed by atoms with van der Waals surface area (Å²) < 4.78 is 12.3. The van der Waals surface area contributed by atoms with Crippen molar-refractivity contribution in [3.05, 3.63) is 75.5 Å². The molecule has 3 rings (SSSR count). The fourth-order valence-corrected chi connectivity index (χ4v) is 3.38. The lowest BCUT2D eigenvalue weighted by Crippen LogP contribution is -2.33. The van der Waals surface area contributed by atoms with Gasteiger partial charge in [-0.15, -0.1) is 0 Å². The Hall–Kier alpha value is -2.07. The number of hydrogen-bond donors (Lipinski definition) is 0. The van der Waals surface area contributed by atoms with E-state index in [1.165, 1.54) is 0 Å². The van der Waals surface area contributed by atoms with Crippen LogP contribution in [0.3, 0.4) is 0 Å². The molecule has 0 saturated heterocycles. The summed E-state index contributed by atoms with van der Waals surface area (Å²) in [7, 11) is 1.62. The molecule has 0 amide bonds. The summed E-state index contributed by atoms with van der Waals surface area (Å²) in [6, 6.07) is 5.54. The van der Waals surface area contributed by atoms with Crippen molar-refractivity contribution in [3.63, 3.8) is 0 Å². The molecule has 1 heterocycles. The summed E-state index contributed by atoms with van der Waals surface area (Å²) in [5.41, 5.74) is 2.31. The van der Waals surface area contributed by atoms with Crippen molar-refractivity contribution >= 4 is 21.7 Å². The van der Waals surface area contributed by atoms with Crippen LogP contribution >= 0.6 is 15.9 Å². The highest BCUT2D eigenvalue weighted by molar-refractivity contribution is 9.11. The minimum Gasteiger partial charge on any atom is -0.497 e. The van der Waals surface area contributed by atoms with Crippen LogP contribution in [0, 0.1) is 0 Å². The van der Waals surface area contributed by atoms with Crippen LogP contribution in [0.2, 0.25) is 0 Å². The second kappa shape index (κ2) is 6.10. The highest BCUT2D eigenvalue weighted by Crippen LogP contribution is 2.44. The van der Waals surface area contributed by atoms with Crippen molar-refractivity contribution in [3.8, 4) is 5.75 Å². The summed E-state index contributed by atoms with van der Waals surface area (Å²) in [4.78, 5) is 13.1. The summed E-state index contributed by atoms with van der Waals surface area (Å²) in [6.07, 6.45) is 5.64. The number of carbonyl (C=O) groups excluding carboxylic acids is 1. The van der Waals surface area contributed by atoms with E-state index in [-0.39, 0.29) is 5.78 Å². The Morgan fingerprint density at radius 2 is 2.04 bits per heavy atom. The normalized spacial score (nSPS) is 22.9. The molecule has 0 fully saturated rings. The molecule has 0 saturated carbocycles. The molecule has 3 nitrogen and oxygen atoms in total. The van der Waals surface area contributed by atoms with E-state index in [2.05, 4.69) is 36.4 Å². The molecule has 0 aromatic heterocycles. The van der Waals surface area contributed by atoms with E-state index in [9.17, 15) is 4.79 Å². The third kappa shape index (κ3) is 2.65. The van der Waals surface area contributed by atoms with Crippen LogP contribution in [0.1, 0.15) is 29.8 Å². The molecule has 24 heavy (non-hydrogen) atoms. The van der Waals surface area contributed by atoms with Gasteiger partial charge in [0.1, 0.15) is 18.1 Å². The topological polar surface area (TPSA) is 35.5 Å². The Morgan fingerprint density at radius 1 is 1.29 bits per heavy atom. The standard InChI is InChI=1S/C20H19BrO3/c1-12-5-6-13(21)9-10-24-19-17(12)18(22)15-8-7-14(23-4)11-16(15)20(19,2)3/h5-9,11H,1,10H2,2-4H3/b6-5-,13-9+. The number of fused-ring (bicyclic) bond motifs is 1. The zero-order valence-corrected chi connectivity index (χ0v) is 15.6. The minimum absolute atomic E-state index is 0.0605. The fourth-order valence-electron chi connectivity index (χ4n) is 3.12. The van der Waals surface area contributed by atoms with E-state index in [4.69, 9.17) is 9.47 Å². The summed E-state index contributed by atoms with van der Waals surface area (Å²) >= 11 is 3.46. The number of ether oxygens (including phenoxy) is 2. The van der Waals surface area contributed by atoms with E-state index in [1.807, 2.05) is 36.4 Å². The number of ketones is 1. The Labute approximate surface area is 150 Å². The van der Waals surface area contributed by atoms with Crippen LogP contribution in [0.25, 0.3) is 0 Å². The van der Waals surface area contributed by atoms with Crippen molar-refractivity contribution in [2.75, 3.05) is 13.7 Å². The number of allylic oxidation sites excluding steroid dienone is 6. The maximum atomic E-state index is 13.1. The first-order chi connectivity index (χ1) is 11.4. The van der Waals surface area contributed by atoms with Gasteiger partial charge in [0.25, 0.3) is 0 Å². The molecule has 0 radical (unpaired) electrons. The smallest absolute Gasteiger partial charge is 0.197 e. The molecule has 2 aliphatic rings. The maximum absolute atomic E-state index is 13.1. The molecule has 1 aromatic carbocycles. The van der Waals surface area contributed by atoms with E-state index >= 15 is 0 Å². The van der Waals surface area contributed by atoms with E-state index in [0.29, 0.717) is 29.1 Å². The van der Waals surface area contributed by atoms with Crippen molar-refractivity contribution in [1.82, 2.24) is 0 Å². The van der Waals surface area contributed by atoms with Gasteiger partial charge in [0, 0.05) is 15.5 Å². The Balaban J connectivity index is 2.23.